The number of aliphatic hydroxyl groups is 1. The number of allylic oxidation sites excluding steroid dienone is 8. The molecule has 0 spiro atoms. The molecule has 0 bridgehead atoms. The maximum atomic E-state index is 13.1. The molecule has 0 fully saturated rings. The number of hydrogen-bond donors (Lipinski definition) is 3. The highest BCUT2D eigenvalue weighted by Crippen LogP contribution is 2.45. The molecule has 4 atom stereocenters. The monoisotopic (exact) mass is 1400 g/mol. The first-order valence-corrected chi connectivity index (χ1v) is 41.7. The Labute approximate surface area is 585 Å². The number of carbonyl (C=O) groups excluding carboxylic acids is 4. The fourth-order valence-electron chi connectivity index (χ4n) is 10.9. The Morgan fingerprint density at radius 2 is 0.427 bits per heavy atom. The first kappa shape index (κ1) is 93.7. The van der Waals surface area contributed by atoms with Crippen molar-refractivity contribution in [2.45, 2.75) is 352 Å². The SMILES string of the molecule is O=CCCCCCC/C=C\CCCCCCCCCOC[C@H](COP(=O)(O)OCC(O)COP(=O)(O)OC[C@@H](COCCCCCCCCC/C=C\CCCCCCC=O)OCCCCCCC/C=C\CCCCCCC=O)OCCCCCCC/C=C\CCCCCCC=O. The highest BCUT2D eigenvalue weighted by Gasteiger charge is 2.29. The van der Waals surface area contributed by atoms with E-state index in [9.17, 15) is 43.2 Å². The molecule has 0 aliphatic heterocycles. The summed E-state index contributed by atoms with van der Waals surface area (Å²) in [7, 11) is -9.41. The van der Waals surface area contributed by atoms with Gasteiger partial charge >= 0.3 is 15.6 Å². The summed E-state index contributed by atoms with van der Waals surface area (Å²) >= 11 is 0. The normalized spacial score (nSPS) is 14.3. The fourth-order valence-corrected chi connectivity index (χ4v) is 12.4. The van der Waals surface area contributed by atoms with Crippen LogP contribution in [0, 0.1) is 0 Å². The minimum atomic E-state index is -4.70. The molecule has 0 saturated carbocycles. The molecular weight excluding hydrogens is 1260 g/mol. The van der Waals surface area contributed by atoms with Gasteiger partial charge in [0.05, 0.1) is 39.6 Å². The molecule has 562 valence electrons. The van der Waals surface area contributed by atoms with Gasteiger partial charge in [0.25, 0.3) is 0 Å². The van der Waals surface area contributed by atoms with Crippen molar-refractivity contribution in [1.29, 1.82) is 0 Å². The van der Waals surface area contributed by atoms with E-state index in [0.29, 0.717) is 52.1 Å². The van der Waals surface area contributed by atoms with E-state index < -0.39 is 47.2 Å². The summed E-state index contributed by atoms with van der Waals surface area (Å²) in [6.45, 7) is 0.238. The quantitative estimate of drug-likeness (QED) is 0.0222. The second-order valence-electron chi connectivity index (χ2n) is 26.1. The van der Waals surface area contributed by atoms with Crippen LogP contribution in [0.2, 0.25) is 0 Å². The number of aldehydes is 4. The summed E-state index contributed by atoms with van der Waals surface area (Å²) in [5.74, 6) is 0. The zero-order valence-corrected chi connectivity index (χ0v) is 62.2. The second kappa shape index (κ2) is 76.8. The van der Waals surface area contributed by atoms with Crippen molar-refractivity contribution >= 4 is 40.8 Å². The van der Waals surface area contributed by atoms with E-state index in [0.717, 1.165) is 256 Å². The van der Waals surface area contributed by atoms with Gasteiger partial charge in [-0.3, -0.25) is 18.1 Å². The van der Waals surface area contributed by atoms with Crippen molar-refractivity contribution in [3.05, 3.63) is 48.6 Å². The minimum absolute atomic E-state index is 0.166. The summed E-state index contributed by atoms with van der Waals surface area (Å²) in [5, 5.41) is 10.6. The van der Waals surface area contributed by atoms with E-state index in [1.54, 1.807) is 0 Å². The van der Waals surface area contributed by atoms with E-state index in [4.69, 9.17) is 37.0 Å². The van der Waals surface area contributed by atoms with Gasteiger partial charge in [0.2, 0.25) is 0 Å². The Hall–Kier alpha value is -2.34. The zero-order valence-electron chi connectivity index (χ0n) is 60.5. The number of rotatable bonds is 82. The first-order valence-electron chi connectivity index (χ1n) is 38.7. The lowest BCUT2D eigenvalue weighted by molar-refractivity contribution is -0.108. The van der Waals surface area contributed by atoms with Gasteiger partial charge in [-0.15, -0.1) is 0 Å². The van der Waals surface area contributed by atoms with Crippen molar-refractivity contribution < 1.29 is 80.2 Å². The number of aliphatic hydroxyl groups excluding tert-OH is 1. The number of unbranched alkanes of at least 4 members (excludes halogenated alkanes) is 44. The molecule has 0 heterocycles. The lowest BCUT2D eigenvalue weighted by atomic mass is 10.1. The lowest BCUT2D eigenvalue weighted by Crippen LogP contribution is -2.27. The third-order valence-electron chi connectivity index (χ3n) is 16.8. The van der Waals surface area contributed by atoms with Gasteiger partial charge in [-0.25, -0.2) is 9.13 Å². The van der Waals surface area contributed by atoms with E-state index in [1.165, 1.54) is 77.0 Å². The third-order valence-corrected chi connectivity index (χ3v) is 18.7. The van der Waals surface area contributed by atoms with Crippen LogP contribution in [-0.2, 0) is 65.4 Å². The van der Waals surface area contributed by atoms with Gasteiger partial charge in [-0.2, -0.15) is 0 Å². The molecule has 2 unspecified atom stereocenters. The van der Waals surface area contributed by atoms with Gasteiger partial charge in [0.15, 0.2) is 0 Å². The molecule has 96 heavy (non-hydrogen) atoms. The average molecular weight is 1400 g/mol. The Kier molecular flexibility index (Phi) is 75.0. The topological polar surface area (TPSA) is 237 Å². The number of ether oxygens (including phenoxy) is 4. The smallest absolute Gasteiger partial charge is 0.388 e. The number of phosphoric ester groups is 2. The summed E-state index contributed by atoms with van der Waals surface area (Å²) in [5.41, 5.74) is 0. The van der Waals surface area contributed by atoms with Gasteiger partial charge in [-0.1, -0.05) is 203 Å². The van der Waals surface area contributed by atoms with E-state index in [2.05, 4.69) is 48.6 Å². The van der Waals surface area contributed by atoms with Crippen LogP contribution in [0.3, 0.4) is 0 Å². The molecule has 0 radical (unpaired) electrons. The van der Waals surface area contributed by atoms with Crippen LogP contribution in [0.5, 0.6) is 0 Å². The highest BCUT2D eigenvalue weighted by molar-refractivity contribution is 7.47. The van der Waals surface area contributed by atoms with Crippen molar-refractivity contribution in [1.82, 2.24) is 0 Å². The van der Waals surface area contributed by atoms with E-state index in [1.807, 2.05) is 0 Å². The van der Waals surface area contributed by atoms with Gasteiger partial charge in [0.1, 0.15) is 43.5 Å². The number of phosphoric acid groups is 2. The van der Waals surface area contributed by atoms with Crippen LogP contribution in [0.4, 0.5) is 0 Å². The number of hydrogen-bond acceptors (Lipinski definition) is 15. The van der Waals surface area contributed by atoms with Gasteiger partial charge in [0, 0.05) is 52.1 Å². The van der Waals surface area contributed by atoms with Crippen molar-refractivity contribution in [3.63, 3.8) is 0 Å². The van der Waals surface area contributed by atoms with Crippen LogP contribution in [-0.4, -0.2) is 124 Å². The third kappa shape index (κ3) is 75.9. The van der Waals surface area contributed by atoms with Crippen molar-refractivity contribution in [2.75, 3.05) is 66.1 Å². The molecule has 0 aromatic rings. The molecule has 0 amide bonds. The fraction of sp³-hybridized carbons (Fsp3) is 0.844. The highest BCUT2D eigenvalue weighted by atomic mass is 31.2. The van der Waals surface area contributed by atoms with Crippen molar-refractivity contribution in [3.8, 4) is 0 Å². The van der Waals surface area contributed by atoms with Crippen LogP contribution in [0.1, 0.15) is 334 Å². The predicted octanol–water partition coefficient (Wildman–Crippen LogP) is 20.7. The number of carbonyl (C=O) groups is 4. The van der Waals surface area contributed by atoms with Crippen LogP contribution in [0.25, 0.3) is 0 Å². The standard InChI is InChI=1S/C77H142O17P2/c78-61-53-45-37-29-21-13-5-1-3-9-17-25-33-41-49-57-65-87-71-76(89-67-59-51-43-35-27-19-11-7-15-23-31-39-47-55-63-80)73-93-95(83,84)91-69-75(82)70-92-96(85,86)94-74-77(90-68-60-52-44-36-28-20-12-8-16-24-32-40-48-56-64-81)72-88-66-58-50-42-34-26-18-10-4-2-6-14-22-30-38-46-54-62-79/h1-2,5-8,11-12,61-64,75-77,82H,3-4,9-10,13-60,65-74H2,(H,83,84)(H,85,86)/b5-1-,6-2-,11-7-,12-8-/t76-,77-/m1/s1. The van der Waals surface area contributed by atoms with Crippen molar-refractivity contribution in [2.24, 2.45) is 0 Å². The summed E-state index contributed by atoms with van der Waals surface area (Å²) in [4.78, 5) is 63.1. The first-order chi connectivity index (χ1) is 47.1. The van der Waals surface area contributed by atoms with Gasteiger partial charge in [-0.05, 0) is 154 Å². The van der Waals surface area contributed by atoms with Gasteiger partial charge < -0.3 is 53.0 Å². The molecule has 3 N–H and O–H groups in total. The Morgan fingerprint density at radius 3 is 0.656 bits per heavy atom. The molecule has 17 nitrogen and oxygen atoms in total. The summed E-state index contributed by atoms with van der Waals surface area (Å²) in [6.07, 6.45) is 74.7. The Morgan fingerprint density at radius 1 is 0.240 bits per heavy atom. The molecule has 0 aromatic heterocycles. The lowest BCUT2D eigenvalue weighted by Gasteiger charge is -2.22. The summed E-state index contributed by atoms with van der Waals surface area (Å²) < 4.78 is 71.3. The Balaban J connectivity index is 5.04. The van der Waals surface area contributed by atoms with Crippen LogP contribution >= 0.6 is 15.6 Å². The van der Waals surface area contributed by atoms with Crippen LogP contribution in [0.15, 0.2) is 48.6 Å². The largest absolute Gasteiger partial charge is 0.472 e. The average Bonchev–Trinajstić information content (AvgIpc) is 3.10. The van der Waals surface area contributed by atoms with E-state index >= 15 is 0 Å². The second-order valence-corrected chi connectivity index (χ2v) is 29.0. The minimum Gasteiger partial charge on any atom is -0.388 e. The molecule has 0 aliphatic rings. The maximum absolute atomic E-state index is 13.1. The molecule has 0 saturated heterocycles. The maximum Gasteiger partial charge on any atom is 0.472 e. The molecular formula is C77H142O17P2. The molecule has 0 rings (SSSR count). The van der Waals surface area contributed by atoms with Crippen LogP contribution < -0.4 is 0 Å². The molecule has 0 aromatic carbocycles. The Bertz CT molecular complexity index is 1750. The zero-order chi connectivity index (χ0) is 69.7. The molecule has 0 aliphatic carbocycles. The molecule has 19 heteroatoms. The van der Waals surface area contributed by atoms with E-state index in [-0.39, 0.29) is 26.4 Å². The summed E-state index contributed by atoms with van der Waals surface area (Å²) in [6, 6.07) is 0. The predicted molar refractivity (Wildman–Crippen MR) is 391 cm³/mol.